The van der Waals surface area contributed by atoms with Crippen LogP contribution >= 0.6 is 11.3 Å². The molecule has 6 nitrogen and oxygen atoms in total. The predicted molar refractivity (Wildman–Crippen MR) is 102 cm³/mol. The highest BCUT2D eigenvalue weighted by Crippen LogP contribution is 2.38. The fraction of sp³-hybridized carbons (Fsp3) is 0.158. The molecule has 0 fully saturated rings. The van der Waals surface area contributed by atoms with Gasteiger partial charge in [0.2, 0.25) is 5.91 Å². The molecule has 1 aromatic carbocycles. The number of nitrogens with zero attached hydrogens (tertiary/aromatic N) is 3. The molecule has 130 valence electrons. The number of aromatic nitrogens is 2. The highest BCUT2D eigenvalue weighted by atomic mass is 32.1. The van der Waals surface area contributed by atoms with Crippen LogP contribution in [0.3, 0.4) is 0 Å². The number of rotatable bonds is 4. The molecular formula is C19H17N5OS. The SMILES string of the molecule is CC(=O)NCc1cc(-c2sc(N)nc2-c2cccc(C#N)c2)cc(C)n1. The number of nitrogen functional groups attached to an aromatic ring is 1. The van der Waals surface area contributed by atoms with Gasteiger partial charge in [0.1, 0.15) is 0 Å². The molecule has 0 aliphatic carbocycles. The van der Waals surface area contributed by atoms with Crippen molar-refractivity contribution in [2.45, 2.75) is 20.4 Å². The molecule has 0 saturated carbocycles. The summed E-state index contributed by atoms with van der Waals surface area (Å²) in [5, 5.41) is 12.4. The zero-order chi connectivity index (χ0) is 18.7. The van der Waals surface area contributed by atoms with Crippen LogP contribution in [0.25, 0.3) is 21.7 Å². The minimum Gasteiger partial charge on any atom is -0.375 e. The van der Waals surface area contributed by atoms with Crippen LogP contribution in [0, 0.1) is 18.3 Å². The van der Waals surface area contributed by atoms with Crippen molar-refractivity contribution >= 4 is 22.4 Å². The molecule has 26 heavy (non-hydrogen) atoms. The molecular weight excluding hydrogens is 346 g/mol. The molecule has 2 aromatic heterocycles. The second-order valence-corrected chi connectivity index (χ2v) is 6.85. The smallest absolute Gasteiger partial charge is 0.217 e. The molecule has 0 bridgehead atoms. The van der Waals surface area contributed by atoms with E-state index >= 15 is 0 Å². The fourth-order valence-electron chi connectivity index (χ4n) is 2.64. The van der Waals surface area contributed by atoms with Crippen LogP contribution in [0.2, 0.25) is 0 Å². The summed E-state index contributed by atoms with van der Waals surface area (Å²) in [7, 11) is 0. The van der Waals surface area contributed by atoms with Crippen molar-refractivity contribution in [2.24, 2.45) is 0 Å². The minimum absolute atomic E-state index is 0.106. The van der Waals surface area contributed by atoms with Gasteiger partial charge < -0.3 is 11.1 Å². The van der Waals surface area contributed by atoms with Crippen molar-refractivity contribution in [1.82, 2.24) is 15.3 Å². The third-order valence-corrected chi connectivity index (χ3v) is 4.63. The molecule has 0 saturated heterocycles. The topological polar surface area (TPSA) is 105 Å². The van der Waals surface area contributed by atoms with E-state index in [0.29, 0.717) is 17.2 Å². The molecule has 0 unspecified atom stereocenters. The van der Waals surface area contributed by atoms with E-state index in [2.05, 4.69) is 21.4 Å². The summed E-state index contributed by atoms with van der Waals surface area (Å²) in [6, 6.07) is 13.3. The molecule has 7 heteroatoms. The number of nitrogens with one attached hydrogen (secondary N) is 1. The van der Waals surface area contributed by atoms with Crippen LogP contribution in [0.4, 0.5) is 5.13 Å². The Kier molecular flexibility index (Phi) is 4.96. The number of thiazole rings is 1. The first kappa shape index (κ1) is 17.6. The summed E-state index contributed by atoms with van der Waals surface area (Å²) in [5.74, 6) is -0.106. The van der Waals surface area contributed by atoms with Crippen molar-refractivity contribution in [1.29, 1.82) is 5.26 Å². The van der Waals surface area contributed by atoms with Gasteiger partial charge in [-0.3, -0.25) is 9.78 Å². The standard InChI is InChI=1S/C19H17N5OS/c1-11-6-15(8-16(23-11)10-22-12(2)25)18-17(24-19(21)26-18)14-5-3-4-13(7-14)9-20/h3-8H,10H2,1-2H3,(H2,21,24)(H,22,25). The largest absolute Gasteiger partial charge is 0.375 e. The van der Waals surface area contributed by atoms with Crippen molar-refractivity contribution in [3.8, 4) is 27.8 Å². The Morgan fingerprint density at radius 3 is 2.81 bits per heavy atom. The maximum absolute atomic E-state index is 11.2. The Morgan fingerprint density at radius 1 is 1.27 bits per heavy atom. The highest BCUT2D eigenvalue weighted by molar-refractivity contribution is 7.19. The lowest BCUT2D eigenvalue weighted by Gasteiger charge is -2.08. The van der Waals surface area contributed by atoms with Gasteiger partial charge in [0.25, 0.3) is 0 Å². The number of hydrogen-bond acceptors (Lipinski definition) is 6. The molecule has 2 heterocycles. The molecule has 0 aliphatic rings. The predicted octanol–water partition coefficient (Wildman–Crippen LogP) is 3.27. The van der Waals surface area contributed by atoms with Crippen LogP contribution in [-0.4, -0.2) is 15.9 Å². The lowest BCUT2D eigenvalue weighted by molar-refractivity contribution is -0.119. The third-order valence-electron chi connectivity index (χ3n) is 3.70. The fourth-order valence-corrected chi connectivity index (χ4v) is 3.48. The maximum Gasteiger partial charge on any atom is 0.217 e. The Balaban J connectivity index is 2.07. The molecule has 3 aromatic rings. The van der Waals surface area contributed by atoms with Crippen molar-refractivity contribution in [3.63, 3.8) is 0 Å². The van der Waals surface area contributed by atoms with Crippen LogP contribution in [0.15, 0.2) is 36.4 Å². The first-order valence-electron chi connectivity index (χ1n) is 7.95. The summed E-state index contributed by atoms with van der Waals surface area (Å²) in [4.78, 5) is 21.0. The molecule has 0 spiro atoms. The first-order valence-corrected chi connectivity index (χ1v) is 8.77. The average molecular weight is 363 g/mol. The number of nitriles is 1. The quantitative estimate of drug-likeness (QED) is 0.740. The molecule has 0 radical (unpaired) electrons. The van der Waals surface area contributed by atoms with Gasteiger partial charge in [0, 0.05) is 18.2 Å². The van der Waals surface area contributed by atoms with Crippen molar-refractivity contribution in [2.75, 3.05) is 5.73 Å². The van der Waals surface area contributed by atoms with E-state index in [1.165, 1.54) is 18.3 Å². The first-order chi connectivity index (χ1) is 12.5. The third kappa shape index (κ3) is 3.87. The molecule has 1 amide bonds. The molecule has 3 N–H and O–H groups in total. The number of anilines is 1. The normalized spacial score (nSPS) is 10.3. The average Bonchev–Trinajstić information content (AvgIpc) is 3.01. The van der Waals surface area contributed by atoms with Gasteiger partial charge >= 0.3 is 0 Å². The zero-order valence-corrected chi connectivity index (χ0v) is 15.2. The lowest BCUT2D eigenvalue weighted by atomic mass is 10.0. The second-order valence-electron chi connectivity index (χ2n) is 5.82. The van der Waals surface area contributed by atoms with Crippen molar-refractivity contribution < 1.29 is 4.79 Å². The monoisotopic (exact) mass is 363 g/mol. The van der Waals surface area contributed by atoms with Crippen LogP contribution in [0.5, 0.6) is 0 Å². The zero-order valence-electron chi connectivity index (χ0n) is 14.4. The van der Waals surface area contributed by atoms with E-state index in [-0.39, 0.29) is 5.91 Å². The number of benzene rings is 1. The number of pyridine rings is 1. The molecule has 0 aliphatic heterocycles. The van der Waals surface area contributed by atoms with E-state index in [4.69, 9.17) is 11.0 Å². The maximum atomic E-state index is 11.2. The number of nitrogens with two attached hydrogens (primary N) is 1. The number of aryl methyl sites for hydroxylation is 1. The summed E-state index contributed by atoms with van der Waals surface area (Å²) in [5.41, 5.74) is 10.6. The van der Waals surface area contributed by atoms with Gasteiger partial charge in [0.05, 0.1) is 34.4 Å². The minimum atomic E-state index is -0.106. The highest BCUT2D eigenvalue weighted by Gasteiger charge is 2.15. The second kappa shape index (κ2) is 7.33. The van der Waals surface area contributed by atoms with E-state index in [1.54, 1.807) is 12.1 Å². The van der Waals surface area contributed by atoms with Gasteiger partial charge in [-0.05, 0) is 36.8 Å². The number of carbonyl (C=O) groups excluding carboxylic acids is 1. The Labute approximate surface area is 155 Å². The van der Waals surface area contributed by atoms with E-state index in [1.807, 2.05) is 31.2 Å². The van der Waals surface area contributed by atoms with Crippen LogP contribution < -0.4 is 11.1 Å². The summed E-state index contributed by atoms with van der Waals surface area (Å²) < 4.78 is 0. The Morgan fingerprint density at radius 2 is 2.08 bits per heavy atom. The lowest BCUT2D eigenvalue weighted by Crippen LogP contribution is -2.19. The summed E-state index contributed by atoms with van der Waals surface area (Å²) in [6.07, 6.45) is 0. The number of hydrogen-bond donors (Lipinski definition) is 2. The number of amides is 1. The van der Waals surface area contributed by atoms with E-state index in [0.717, 1.165) is 33.1 Å². The number of carbonyl (C=O) groups is 1. The summed E-state index contributed by atoms with van der Waals surface area (Å²) in [6.45, 7) is 3.74. The van der Waals surface area contributed by atoms with Crippen LogP contribution in [0.1, 0.15) is 23.9 Å². The Bertz CT molecular complexity index is 1020. The van der Waals surface area contributed by atoms with Gasteiger partial charge in [-0.15, -0.1) is 0 Å². The van der Waals surface area contributed by atoms with Gasteiger partial charge in [-0.25, -0.2) is 4.98 Å². The van der Waals surface area contributed by atoms with Crippen molar-refractivity contribution in [3.05, 3.63) is 53.3 Å². The van der Waals surface area contributed by atoms with Gasteiger partial charge in [-0.1, -0.05) is 23.5 Å². The van der Waals surface area contributed by atoms with Gasteiger partial charge in [0.15, 0.2) is 5.13 Å². The van der Waals surface area contributed by atoms with E-state index in [9.17, 15) is 4.79 Å². The molecule has 3 rings (SSSR count). The summed E-state index contributed by atoms with van der Waals surface area (Å²) >= 11 is 1.39. The van der Waals surface area contributed by atoms with E-state index < -0.39 is 0 Å². The van der Waals surface area contributed by atoms with Gasteiger partial charge in [-0.2, -0.15) is 5.26 Å². The van der Waals surface area contributed by atoms with Crippen LogP contribution in [-0.2, 0) is 11.3 Å². The molecule has 0 atom stereocenters. The Hall–Kier alpha value is -3.24.